The monoisotopic (exact) mass is 307 g/mol. The third-order valence-corrected chi connectivity index (χ3v) is 4.51. The van der Waals surface area contributed by atoms with Crippen molar-refractivity contribution in [2.24, 2.45) is 0 Å². The minimum atomic E-state index is -0.438. The molecular formula is C15H22BNO3S. The van der Waals surface area contributed by atoms with Crippen LogP contribution in [0.2, 0.25) is 0 Å². The zero-order valence-corrected chi connectivity index (χ0v) is 13.8. The van der Waals surface area contributed by atoms with Crippen LogP contribution in [-0.4, -0.2) is 29.2 Å². The van der Waals surface area contributed by atoms with Gasteiger partial charge in [-0.25, -0.2) is 0 Å². The summed E-state index contributed by atoms with van der Waals surface area (Å²) in [5.74, 6) is 0.568. The molecule has 0 atom stereocenters. The lowest BCUT2D eigenvalue weighted by Crippen LogP contribution is -2.41. The van der Waals surface area contributed by atoms with E-state index in [9.17, 15) is 5.11 Å². The Balaban J connectivity index is 2.28. The van der Waals surface area contributed by atoms with Gasteiger partial charge in [-0.1, -0.05) is 12.1 Å². The molecule has 0 radical (unpaired) electrons. The standard InChI is InChI=1S/C15H22BNO3S/c1-14(2)15(3,4)20-16(19-14)11(9-21)7-10-5-6-12(17)13(18)8-10/h5-8,18,21H,9,17H2,1-4H3. The maximum absolute atomic E-state index is 9.68. The SMILES string of the molecule is CC1(C)OB(C(=Cc2ccc(N)c(O)c2)CS)OC1(C)C. The van der Waals surface area contributed by atoms with E-state index in [1.165, 1.54) is 0 Å². The van der Waals surface area contributed by atoms with E-state index in [1.807, 2.05) is 39.8 Å². The van der Waals surface area contributed by atoms with Gasteiger partial charge in [0, 0.05) is 5.75 Å². The largest absolute Gasteiger partial charge is 0.506 e. The van der Waals surface area contributed by atoms with Crippen molar-refractivity contribution >= 4 is 31.5 Å². The Labute approximate surface area is 131 Å². The number of hydrogen-bond acceptors (Lipinski definition) is 5. The van der Waals surface area contributed by atoms with Crippen LogP contribution in [0.25, 0.3) is 6.08 Å². The van der Waals surface area contributed by atoms with Crippen molar-refractivity contribution < 1.29 is 14.4 Å². The Bertz CT molecular complexity index is 556. The smallest absolute Gasteiger partial charge is 0.491 e. The van der Waals surface area contributed by atoms with Crippen molar-refractivity contribution in [1.82, 2.24) is 0 Å². The number of nitrogen functional groups attached to an aromatic ring is 1. The molecule has 114 valence electrons. The number of thiol groups is 1. The fraction of sp³-hybridized carbons (Fsp3) is 0.467. The van der Waals surface area contributed by atoms with Crippen LogP contribution in [0.5, 0.6) is 5.75 Å². The van der Waals surface area contributed by atoms with E-state index in [4.69, 9.17) is 15.0 Å². The van der Waals surface area contributed by atoms with Crippen molar-refractivity contribution in [2.45, 2.75) is 38.9 Å². The van der Waals surface area contributed by atoms with E-state index in [1.54, 1.807) is 12.1 Å². The zero-order valence-electron chi connectivity index (χ0n) is 12.9. The van der Waals surface area contributed by atoms with Gasteiger partial charge in [-0.05, 0) is 50.9 Å². The molecule has 0 aliphatic carbocycles. The third-order valence-electron chi connectivity index (χ3n) is 4.15. The second-order valence-corrected chi connectivity index (χ2v) is 6.60. The van der Waals surface area contributed by atoms with Crippen molar-refractivity contribution in [1.29, 1.82) is 0 Å². The van der Waals surface area contributed by atoms with E-state index in [0.29, 0.717) is 11.4 Å². The number of aromatic hydroxyl groups is 1. The first-order chi connectivity index (χ1) is 9.66. The Morgan fingerprint density at radius 1 is 1.29 bits per heavy atom. The lowest BCUT2D eigenvalue weighted by Gasteiger charge is -2.32. The van der Waals surface area contributed by atoms with Crippen molar-refractivity contribution in [3.05, 3.63) is 29.2 Å². The van der Waals surface area contributed by atoms with Gasteiger partial charge >= 0.3 is 7.12 Å². The molecule has 2 rings (SSSR count). The molecule has 0 unspecified atom stereocenters. The van der Waals surface area contributed by atoms with Gasteiger partial charge in [0.25, 0.3) is 0 Å². The molecule has 21 heavy (non-hydrogen) atoms. The van der Waals surface area contributed by atoms with Crippen LogP contribution < -0.4 is 5.73 Å². The molecule has 3 N–H and O–H groups in total. The van der Waals surface area contributed by atoms with Gasteiger partial charge in [0.15, 0.2) is 0 Å². The first-order valence-electron chi connectivity index (χ1n) is 6.92. The average molecular weight is 307 g/mol. The number of anilines is 1. The number of phenolic OH excluding ortho intramolecular Hbond substituents is 1. The van der Waals surface area contributed by atoms with E-state index in [0.717, 1.165) is 11.0 Å². The average Bonchev–Trinajstić information content (AvgIpc) is 2.59. The quantitative estimate of drug-likeness (QED) is 0.348. The summed E-state index contributed by atoms with van der Waals surface area (Å²) in [5, 5.41) is 9.68. The highest BCUT2D eigenvalue weighted by molar-refractivity contribution is 7.80. The summed E-state index contributed by atoms with van der Waals surface area (Å²) >= 11 is 4.37. The predicted molar refractivity (Wildman–Crippen MR) is 90.4 cm³/mol. The maximum atomic E-state index is 9.68. The molecule has 6 heteroatoms. The molecule has 1 fully saturated rings. The predicted octanol–water partition coefficient (Wildman–Crippen LogP) is 2.92. The van der Waals surface area contributed by atoms with E-state index < -0.39 is 7.12 Å². The summed E-state index contributed by atoms with van der Waals surface area (Å²) in [6.45, 7) is 8.05. The molecule has 1 aromatic rings. The van der Waals surface area contributed by atoms with Gasteiger partial charge < -0.3 is 20.1 Å². The van der Waals surface area contributed by atoms with Gasteiger partial charge in [-0.3, -0.25) is 0 Å². The van der Waals surface area contributed by atoms with E-state index >= 15 is 0 Å². The van der Waals surface area contributed by atoms with Gasteiger partial charge in [0.1, 0.15) is 5.75 Å². The zero-order chi connectivity index (χ0) is 15.8. The molecule has 0 bridgehead atoms. The van der Waals surface area contributed by atoms with Crippen LogP contribution in [0.4, 0.5) is 5.69 Å². The van der Waals surface area contributed by atoms with Crippen molar-refractivity contribution in [3.8, 4) is 5.75 Å². The van der Waals surface area contributed by atoms with Gasteiger partial charge in [0.05, 0.1) is 16.9 Å². The molecule has 0 amide bonds. The van der Waals surface area contributed by atoms with E-state index in [2.05, 4.69) is 12.6 Å². The van der Waals surface area contributed by atoms with Crippen molar-refractivity contribution in [2.75, 3.05) is 11.5 Å². The highest BCUT2D eigenvalue weighted by atomic mass is 32.1. The minimum Gasteiger partial charge on any atom is -0.506 e. The second-order valence-electron chi connectivity index (χ2n) is 6.28. The molecule has 1 aliphatic heterocycles. The van der Waals surface area contributed by atoms with Crippen LogP contribution in [0.1, 0.15) is 33.3 Å². The number of nitrogens with two attached hydrogens (primary N) is 1. The molecule has 0 spiro atoms. The van der Waals surface area contributed by atoms with Crippen molar-refractivity contribution in [3.63, 3.8) is 0 Å². The molecule has 1 aliphatic rings. The lowest BCUT2D eigenvalue weighted by molar-refractivity contribution is 0.00578. The first-order valence-corrected chi connectivity index (χ1v) is 7.55. The molecule has 0 saturated carbocycles. The van der Waals surface area contributed by atoms with Crippen LogP contribution in [0.3, 0.4) is 0 Å². The Morgan fingerprint density at radius 3 is 2.33 bits per heavy atom. The molecule has 4 nitrogen and oxygen atoms in total. The fourth-order valence-corrected chi connectivity index (χ4v) is 2.29. The first kappa shape index (κ1) is 16.3. The molecule has 1 heterocycles. The second kappa shape index (κ2) is 5.59. The van der Waals surface area contributed by atoms with Crippen LogP contribution in [-0.2, 0) is 9.31 Å². The van der Waals surface area contributed by atoms with Gasteiger partial charge in [0.2, 0.25) is 0 Å². The minimum absolute atomic E-state index is 0.0659. The Hall–Kier alpha value is -1.11. The van der Waals surface area contributed by atoms with Gasteiger partial charge in [-0.15, -0.1) is 0 Å². The normalized spacial score (nSPS) is 20.8. The number of hydrogen-bond donors (Lipinski definition) is 3. The van der Waals surface area contributed by atoms with E-state index in [-0.39, 0.29) is 17.0 Å². The summed E-state index contributed by atoms with van der Waals surface area (Å²) in [7, 11) is -0.438. The van der Waals surface area contributed by atoms with Gasteiger partial charge in [-0.2, -0.15) is 12.6 Å². The summed E-state index contributed by atoms with van der Waals surface area (Å²) in [6, 6.07) is 5.12. The molecule has 1 saturated heterocycles. The Morgan fingerprint density at radius 2 is 1.86 bits per heavy atom. The number of phenols is 1. The maximum Gasteiger partial charge on any atom is 0.491 e. The summed E-state index contributed by atoms with van der Waals surface area (Å²) in [5.41, 5.74) is 6.93. The fourth-order valence-electron chi connectivity index (χ4n) is 2.05. The molecule has 0 aromatic heterocycles. The lowest BCUT2D eigenvalue weighted by atomic mass is 9.78. The topological polar surface area (TPSA) is 64.7 Å². The summed E-state index contributed by atoms with van der Waals surface area (Å²) in [6.07, 6.45) is 1.91. The number of rotatable bonds is 3. The number of benzene rings is 1. The highest BCUT2D eigenvalue weighted by Gasteiger charge is 2.52. The third kappa shape index (κ3) is 3.22. The molecule has 1 aromatic carbocycles. The Kier molecular flexibility index (Phi) is 4.33. The molecular weight excluding hydrogens is 285 g/mol. The summed E-state index contributed by atoms with van der Waals surface area (Å²) < 4.78 is 12.0. The van der Waals surface area contributed by atoms with Crippen LogP contribution in [0, 0.1) is 0 Å². The van der Waals surface area contributed by atoms with Crippen LogP contribution in [0.15, 0.2) is 23.7 Å². The van der Waals surface area contributed by atoms with Crippen LogP contribution >= 0.6 is 12.6 Å². The summed E-state index contributed by atoms with van der Waals surface area (Å²) in [4.78, 5) is 0. The highest BCUT2D eigenvalue weighted by Crippen LogP contribution is 2.39.